The van der Waals surface area contributed by atoms with Gasteiger partial charge in [0.25, 0.3) is 5.56 Å². The molecule has 29 heavy (non-hydrogen) atoms. The Labute approximate surface area is 179 Å². The lowest BCUT2D eigenvalue weighted by atomic mass is 10.0. The number of rotatable bonds is 4. The molecule has 0 radical (unpaired) electrons. The monoisotopic (exact) mass is 442 g/mol. The fourth-order valence-corrected chi connectivity index (χ4v) is 4.54. The molecule has 0 atom stereocenters. The summed E-state index contributed by atoms with van der Waals surface area (Å²) in [6.45, 7) is 0.314. The number of hydrogen-bond donors (Lipinski definition) is 2. The Balaban J connectivity index is 1.75. The maximum absolute atomic E-state index is 11.9. The maximum atomic E-state index is 11.9. The predicted octanol–water partition coefficient (Wildman–Crippen LogP) is 5.72. The highest BCUT2D eigenvalue weighted by atomic mass is 35.5. The Kier molecular flexibility index (Phi) is 5.20. The Morgan fingerprint density at radius 1 is 1.17 bits per heavy atom. The van der Waals surface area contributed by atoms with E-state index in [0.29, 0.717) is 43.7 Å². The third kappa shape index (κ3) is 3.56. The molecule has 5 nitrogen and oxygen atoms in total. The van der Waals surface area contributed by atoms with E-state index in [2.05, 4.69) is 4.98 Å². The second-order valence-electron chi connectivity index (χ2n) is 6.19. The average Bonchev–Trinajstić information content (AvgIpc) is 3.12. The van der Waals surface area contributed by atoms with Gasteiger partial charge >= 0.3 is 0 Å². The average molecular weight is 443 g/mol. The summed E-state index contributed by atoms with van der Waals surface area (Å²) in [4.78, 5) is 14.9. The third-order valence-corrected chi connectivity index (χ3v) is 5.82. The third-order valence-electron chi connectivity index (χ3n) is 4.37. The van der Waals surface area contributed by atoms with Crippen LogP contribution in [-0.4, -0.2) is 10.1 Å². The van der Waals surface area contributed by atoms with Gasteiger partial charge in [-0.3, -0.25) is 4.79 Å². The van der Waals surface area contributed by atoms with E-state index >= 15 is 0 Å². The molecule has 4 rings (SSSR count). The van der Waals surface area contributed by atoms with Crippen LogP contribution in [0.4, 0.5) is 0 Å². The van der Waals surface area contributed by atoms with Crippen molar-refractivity contribution in [1.29, 1.82) is 5.26 Å². The topological polar surface area (TPSA) is 86.1 Å². The van der Waals surface area contributed by atoms with Crippen LogP contribution in [0.15, 0.2) is 52.6 Å². The number of aromatic nitrogens is 1. The van der Waals surface area contributed by atoms with Crippen LogP contribution in [0.5, 0.6) is 11.5 Å². The molecule has 0 unspecified atom stereocenters. The van der Waals surface area contributed by atoms with Crippen molar-refractivity contribution >= 4 is 44.8 Å². The van der Waals surface area contributed by atoms with Crippen LogP contribution in [0.2, 0.25) is 10.0 Å². The number of ether oxygens (including phenoxy) is 1. The number of H-pyrrole nitrogens is 1. The van der Waals surface area contributed by atoms with Crippen LogP contribution in [-0.2, 0) is 6.61 Å². The van der Waals surface area contributed by atoms with Crippen LogP contribution >= 0.6 is 34.5 Å². The molecule has 0 aliphatic carbocycles. The van der Waals surface area contributed by atoms with Gasteiger partial charge < -0.3 is 14.8 Å². The van der Waals surface area contributed by atoms with E-state index in [9.17, 15) is 9.90 Å². The summed E-state index contributed by atoms with van der Waals surface area (Å²) >= 11 is 14.1. The summed E-state index contributed by atoms with van der Waals surface area (Å²) < 4.78 is 5.79. The van der Waals surface area contributed by atoms with E-state index in [1.165, 1.54) is 11.3 Å². The first-order valence-electron chi connectivity index (χ1n) is 8.42. The molecule has 144 valence electrons. The Morgan fingerprint density at radius 2 is 1.86 bits per heavy atom. The van der Waals surface area contributed by atoms with E-state index in [4.69, 9.17) is 33.2 Å². The van der Waals surface area contributed by atoms with E-state index in [0.717, 1.165) is 5.56 Å². The van der Waals surface area contributed by atoms with Gasteiger partial charge in [0.1, 0.15) is 23.3 Å². The number of nitrogens with zero attached hydrogens (tertiary/aromatic N) is 1. The number of aromatic hydroxyl groups is 1. The summed E-state index contributed by atoms with van der Waals surface area (Å²) in [5, 5.41) is 22.3. The quantitative estimate of drug-likeness (QED) is 0.423. The first-order chi connectivity index (χ1) is 14.0. The van der Waals surface area contributed by atoms with E-state index in [1.807, 2.05) is 30.3 Å². The number of nitriles is 1. The van der Waals surface area contributed by atoms with Crippen molar-refractivity contribution in [2.45, 2.75) is 6.61 Å². The number of hydrogen-bond acceptors (Lipinski definition) is 5. The van der Waals surface area contributed by atoms with Crippen LogP contribution in [0.25, 0.3) is 21.3 Å². The van der Waals surface area contributed by atoms with Gasteiger partial charge in [-0.1, -0.05) is 53.5 Å². The number of aromatic amines is 1. The van der Waals surface area contributed by atoms with Crippen LogP contribution in [0.3, 0.4) is 0 Å². The number of halogens is 2. The Bertz CT molecular complexity index is 1300. The van der Waals surface area contributed by atoms with Gasteiger partial charge in [0.15, 0.2) is 11.3 Å². The molecule has 8 heteroatoms. The molecule has 0 spiro atoms. The standard InChI is InChI=1S/C21H12Cl2N2O3S/c22-15-6-12(7-16(23)19(15)28-9-11-4-2-1-3-5-11)14-10-29-21-17(14)18(26)13(8-24)20(27)25-21/h1-7,10H,9H2,(H2,25,26,27). The van der Waals surface area contributed by atoms with E-state index < -0.39 is 5.56 Å². The minimum absolute atomic E-state index is 0.312. The highest BCUT2D eigenvalue weighted by molar-refractivity contribution is 7.17. The molecule has 2 aromatic heterocycles. The number of pyridine rings is 1. The van der Waals surface area contributed by atoms with Crippen molar-refractivity contribution < 1.29 is 9.84 Å². The van der Waals surface area contributed by atoms with Crippen molar-refractivity contribution in [3.63, 3.8) is 0 Å². The minimum atomic E-state index is -0.633. The van der Waals surface area contributed by atoms with Gasteiger partial charge in [0.05, 0.1) is 15.4 Å². The van der Waals surface area contributed by atoms with Gasteiger partial charge in [-0.15, -0.1) is 11.3 Å². The van der Waals surface area contributed by atoms with Crippen molar-refractivity contribution in [3.05, 3.63) is 79.4 Å². The molecular weight excluding hydrogens is 431 g/mol. The SMILES string of the molecule is N#Cc1c(O)c2c(-c3cc(Cl)c(OCc4ccccc4)c(Cl)c3)csc2[nH]c1=O. The number of thiophene rings is 1. The zero-order chi connectivity index (χ0) is 20.5. The molecule has 4 aromatic rings. The molecule has 0 aliphatic rings. The lowest BCUT2D eigenvalue weighted by molar-refractivity contribution is 0.306. The fraction of sp³-hybridized carbons (Fsp3) is 0.0476. The highest BCUT2D eigenvalue weighted by Gasteiger charge is 2.19. The second-order valence-corrected chi connectivity index (χ2v) is 7.88. The second kappa shape index (κ2) is 7.80. The molecule has 2 heterocycles. The molecule has 0 amide bonds. The molecule has 2 aromatic carbocycles. The van der Waals surface area contributed by atoms with Crippen molar-refractivity contribution in [1.82, 2.24) is 4.98 Å². The molecule has 0 aliphatic heterocycles. The number of fused-ring (bicyclic) bond motifs is 1. The molecule has 2 N–H and O–H groups in total. The fourth-order valence-electron chi connectivity index (χ4n) is 2.98. The Morgan fingerprint density at radius 3 is 2.52 bits per heavy atom. The van der Waals surface area contributed by atoms with Gasteiger partial charge in [-0.25, -0.2) is 0 Å². The number of nitrogens with one attached hydrogen (secondary N) is 1. The maximum Gasteiger partial charge on any atom is 0.270 e. The molecular formula is C21H12Cl2N2O3S. The Hall–Kier alpha value is -2.98. The largest absolute Gasteiger partial charge is 0.506 e. The highest BCUT2D eigenvalue weighted by Crippen LogP contribution is 2.43. The van der Waals surface area contributed by atoms with Gasteiger partial charge in [0.2, 0.25) is 0 Å². The lowest BCUT2D eigenvalue weighted by Crippen LogP contribution is -2.09. The predicted molar refractivity (Wildman–Crippen MR) is 115 cm³/mol. The van der Waals surface area contributed by atoms with Gasteiger partial charge in [-0.2, -0.15) is 5.26 Å². The zero-order valence-corrected chi connectivity index (χ0v) is 17.0. The zero-order valence-electron chi connectivity index (χ0n) is 14.7. The molecule has 0 saturated carbocycles. The van der Waals surface area contributed by atoms with Crippen LogP contribution in [0.1, 0.15) is 11.1 Å². The first kappa shape index (κ1) is 19.3. The van der Waals surface area contributed by atoms with Gasteiger partial charge in [-0.05, 0) is 23.3 Å². The van der Waals surface area contributed by atoms with Crippen molar-refractivity contribution in [2.75, 3.05) is 0 Å². The van der Waals surface area contributed by atoms with E-state index in [1.54, 1.807) is 23.6 Å². The summed E-state index contributed by atoms with van der Waals surface area (Å²) in [5.41, 5.74) is 1.24. The molecule has 0 saturated heterocycles. The van der Waals surface area contributed by atoms with Gasteiger partial charge in [0, 0.05) is 10.9 Å². The number of benzene rings is 2. The van der Waals surface area contributed by atoms with Crippen LogP contribution in [0, 0.1) is 11.3 Å². The van der Waals surface area contributed by atoms with E-state index in [-0.39, 0.29) is 11.3 Å². The first-order valence-corrected chi connectivity index (χ1v) is 10.1. The lowest BCUT2D eigenvalue weighted by Gasteiger charge is -2.12. The van der Waals surface area contributed by atoms with Crippen molar-refractivity contribution in [3.8, 4) is 28.7 Å². The summed E-state index contributed by atoms with van der Waals surface area (Å²) in [7, 11) is 0. The minimum Gasteiger partial charge on any atom is -0.506 e. The summed E-state index contributed by atoms with van der Waals surface area (Å²) in [6, 6.07) is 14.7. The van der Waals surface area contributed by atoms with Crippen molar-refractivity contribution in [2.24, 2.45) is 0 Å². The summed E-state index contributed by atoms with van der Waals surface area (Å²) in [6.07, 6.45) is 0. The normalized spacial score (nSPS) is 10.8. The smallest absolute Gasteiger partial charge is 0.270 e. The van der Waals surface area contributed by atoms with Crippen LogP contribution < -0.4 is 10.3 Å². The molecule has 0 bridgehead atoms. The molecule has 0 fully saturated rings. The summed E-state index contributed by atoms with van der Waals surface area (Å²) in [5.74, 6) is -0.00466.